The molecule has 3 heteroatoms. The van der Waals surface area contributed by atoms with E-state index in [1.807, 2.05) is 54.6 Å². The summed E-state index contributed by atoms with van der Waals surface area (Å²) in [5.74, 6) is 0.505. The highest BCUT2D eigenvalue weighted by molar-refractivity contribution is 5.98. The minimum Gasteiger partial charge on any atom is -0.396 e. The molecule has 3 N–H and O–H groups in total. The van der Waals surface area contributed by atoms with Crippen LogP contribution in [0.4, 0.5) is 5.69 Å². The maximum atomic E-state index is 8.84. The van der Waals surface area contributed by atoms with E-state index in [9.17, 15) is 0 Å². The SMILES string of the molecule is NC(=Nc1ccc(CCO)cc1)c1ccccc1. The van der Waals surface area contributed by atoms with Crippen molar-refractivity contribution in [2.24, 2.45) is 10.7 Å². The van der Waals surface area contributed by atoms with Crippen LogP contribution < -0.4 is 5.73 Å². The van der Waals surface area contributed by atoms with Gasteiger partial charge >= 0.3 is 0 Å². The summed E-state index contributed by atoms with van der Waals surface area (Å²) in [6.45, 7) is 0.161. The van der Waals surface area contributed by atoms with E-state index >= 15 is 0 Å². The van der Waals surface area contributed by atoms with Crippen molar-refractivity contribution in [2.45, 2.75) is 6.42 Å². The van der Waals surface area contributed by atoms with Gasteiger partial charge in [-0.1, -0.05) is 42.5 Å². The molecule has 0 radical (unpaired) electrons. The Labute approximate surface area is 107 Å². The lowest BCUT2D eigenvalue weighted by Gasteiger charge is -2.02. The summed E-state index contributed by atoms with van der Waals surface area (Å²) in [7, 11) is 0. The second kappa shape index (κ2) is 5.98. The molecule has 0 saturated carbocycles. The highest BCUT2D eigenvalue weighted by Gasteiger charge is 1.98. The summed E-state index contributed by atoms with van der Waals surface area (Å²) in [5, 5.41) is 8.84. The monoisotopic (exact) mass is 240 g/mol. The summed E-state index contributed by atoms with van der Waals surface area (Å²) in [5.41, 5.74) is 8.76. The number of aliphatic imine (C=N–C) groups is 1. The quantitative estimate of drug-likeness (QED) is 0.636. The first-order valence-corrected chi connectivity index (χ1v) is 5.89. The fourth-order valence-corrected chi connectivity index (χ4v) is 1.68. The lowest BCUT2D eigenvalue weighted by Crippen LogP contribution is -2.12. The largest absolute Gasteiger partial charge is 0.396 e. The van der Waals surface area contributed by atoms with E-state index in [1.165, 1.54) is 0 Å². The molecule has 2 aromatic rings. The summed E-state index contributed by atoms with van der Waals surface area (Å²) in [6, 6.07) is 17.4. The van der Waals surface area contributed by atoms with Crippen LogP contribution in [0.2, 0.25) is 0 Å². The fraction of sp³-hybridized carbons (Fsp3) is 0.133. The van der Waals surface area contributed by atoms with Gasteiger partial charge in [-0.3, -0.25) is 0 Å². The van der Waals surface area contributed by atoms with Crippen LogP contribution in [0.25, 0.3) is 0 Å². The summed E-state index contributed by atoms with van der Waals surface area (Å²) >= 11 is 0. The number of aliphatic hydroxyl groups excluding tert-OH is 1. The van der Waals surface area contributed by atoms with Crippen molar-refractivity contribution in [3.8, 4) is 0 Å². The number of aliphatic hydroxyl groups is 1. The minimum atomic E-state index is 0.161. The molecule has 0 spiro atoms. The van der Waals surface area contributed by atoms with Gasteiger partial charge in [0.15, 0.2) is 0 Å². The molecule has 0 aliphatic carbocycles. The Hall–Kier alpha value is -2.13. The predicted octanol–water partition coefficient (Wildman–Crippen LogP) is 2.26. The van der Waals surface area contributed by atoms with E-state index in [0.717, 1.165) is 16.8 Å². The van der Waals surface area contributed by atoms with E-state index in [0.29, 0.717) is 12.3 Å². The number of nitrogens with two attached hydrogens (primary N) is 1. The van der Waals surface area contributed by atoms with Gasteiger partial charge in [-0.05, 0) is 24.1 Å². The van der Waals surface area contributed by atoms with Gasteiger partial charge in [-0.15, -0.1) is 0 Å². The molecule has 0 amide bonds. The van der Waals surface area contributed by atoms with E-state index in [1.54, 1.807) is 0 Å². The number of hydrogen-bond acceptors (Lipinski definition) is 2. The second-order valence-electron chi connectivity index (χ2n) is 4.00. The highest BCUT2D eigenvalue weighted by atomic mass is 16.2. The van der Waals surface area contributed by atoms with E-state index < -0.39 is 0 Å². The fourth-order valence-electron chi connectivity index (χ4n) is 1.68. The van der Waals surface area contributed by atoms with Gasteiger partial charge in [0.05, 0.1) is 5.69 Å². The first kappa shape index (κ1) is 12.3. The summed E-state index contributed by atoms with van der Waals surface area (Å²) < 4.78 is 0. The molecule has 18 heavy (non-hydrogen) atoms. The Morgan fingerprint density at radius 1 is 1.00 bits per heavy atom. The Morgan fingerprint density at radius 2 is 1.67 bits per heavy atom. The molecule has 0 aliphatic heterocycles. The summed E-state index contributed by atoms with van der Waals surface area (Å²) in [6.07, 6.45) is 0.665. The molecule has 0 saturated heterocycles. The molecule has 2 aromatic carbocycles. The molecular formula is C15H16N2O. The third kappa shape index (κ3) is 3.18. The average Bonchev–Trinajstić information content (AvgIpc) is 2.42. The Morgan fingerprint density at radius 3 is 2.28 bits per heavy atom. The van der Waals surface area contributed by atoms with Crippen molar-refractivity contribution in [1.29, 1.82) is 0 Å². The third-order valence-electron chi connectivity index (χ3n) is 2.66. The second-order valence-corrected chi connectivity index (χ2v) is 4.00. The maximum absolute atomic E-state index is 8.84. The number of nitrogens with zero attached hydrogens (tertiary/aromatic N) is 1. The Bertz CT molecular complexity index is 518. The van der Waals surface area contributed by atoms with Crippen LogP contribution in [0.5, 0.6) is 0 Å². The molecule has 92 valence electrons. The van der Waals surface area contributed by atoms with Crippen LogP contribution >= 0.6 is 0 Å². The zero-order valence-electron chi connectivity index (χ0n) is 10.1. The molecule has 0 heterocycles. The Balaban J connectivity index is 2.17. The van der Waals surface area contributed by atoms with Gasteiger partial charge in [0.2, 0.25) is 0 Å². The lowest BCUT2D eigenvalue weighted by molar-refractivity contribution is 0.299. The molecular weight excluding hydrogens is 224 g/mol. The smallest absolute Gasteiger partial charge is 0.131 e. The highest BCUT2D eigenvalue weighted by Crippen LogP contribution is 2.14. The van der Waals surface area contributed by atoms with Crippen molar-refractivity contribution in [3.63, 3.8) is 0 Å². The predicted molar refractivity (Wildman–Crippen MR) is 74.1 cm³/mol. The van der Waals surface area contributed by atoms with Gasteiger partial charge in [-0.2, -0.15) is 0 Å². The summed E-state index contributed by atoms with van der Waals surface area (Å²) in [4.78, 5) is 4.36. The molecule has 0 fully saturated rings. The molecule has 0 unspecified atom stereocenters. The standard InChI is InChI=1S/C15H16N2O/c16-15(13-4-2-1-3-5-13)17-14-8-6-12(7-9-14)10-11-18/h1-9,18H,10-11H2,(H2,16,17). The number of rotatable bonds is 4. The van der Waals surface area contributed by atoms with Crippen LogP contribution in [-0.4, -0.2) is 17.5 Å². The molecule has 0 aromatic heterocycles. The van der Waals surface area contributed by atoms with E-state index in [4.69, 9.17) is 10.8 Å². The van der Waals surface area contributed by atoms with Crippen molar-refractivity contribution in [1.82, 2.24) is 0 Å². The van der Waals surface area contributed by atoms with Gasteiger partial charge in [0.25, 0.3) is 0 Å². The molecule has 2 rings (SSSR count). The average molecular weight is 240 g/mol. The minimum absolute atomic E-state index is 0.161. The van der Waals surface area contributed by atoms with Crippen molar-refractivity contribution >= 4 is 11.5 Å². The zero-order chi connectivity index (χ0) is 12.8. The van der Waals surface area contributed by atoms with Crippen molar-refractivity contribution in [3.05, 3.63) is 65.7 Å². The molecule has 3 nitrogen and oxygen atoms in total. The van der Waals surface area contributed by atoms with Crippen LogP contribution in [0.1, 0.15) is 11.1 Å². The van der Waals surface area contributed by atoms with Crippen LogP contribution in [0.15, 0.2) is 59.6 Å². The lowest BCUT2D eigenvalue weighted by atomic mass is 10.1. The first-order chi connectivity index (χ1) is 8.79. The topological polar surface area (TPSA) is 58.6 Å². The molecule has 0 atom stereocenters. The maximum Gasteiger partial charge on any atom is 0.131 e. The van der Waals surface area contributed by atoms with E-state index in [2.05, 4.69) is 4.99 Å². The zero-order valence-corrected chi connectivity index (χ0v) is 10.1. The van der Waals surface area contributed by atoms with Crippen molar-refractivity contribution in [2.75, 3.05) is 6.61 Å². The van der Waals surface area contributed by atoms with Gasteiger partial charge in [0, 0.05) is 12.2 Å². The van der Waals surface area contributed by atoms with Crippen LogP contribution in [0.3, 0.4) is 0 Å². The van der Waals surface area contributed by atoms with Crippen LogP contribution in [-0.2, 0) is 6.42 Å². The number of hydrogen-bond donors (Lipinski definition) is 2. The van der Waals surface area contributed by atoms with E-state index in [-0.39, 0.29) is 6.61 Å². The van der Waals surface area contributed by atoms with Gasteiger partial charge in [-0.25, -0.2) is 4.99 Å². The molecule has 0 bridgehead atoms. The first-order valence-electron chi connectivity index (χ1n) is 5.89. The van der Waals surface area contributed by atoms with Crippen molar-refractivity contribution < 1.29 is 5.11 Å². The number of amidine groups is 1. The van der Waals surface area contributed by atoms with Gasteiger partial charge < -0.3 is 10.8 Å². The van der Waals surface area contributed by atoms with Crippen LogP contribution in [0, 0.1) is 0 Å². The Kier molecular flexibility index (Phi) is 4.10. The van der Waals surface area contributed by atoms with Gasteiger partial charge in [0.1, 0.15) is 5.84 Å². The third-order valence-corrected chi connectivity index (χ3v) is 2.66. The normalized spacial score (nSPS) is 11.5. The molecule has 0 aliphatic rings. The number of benzene rings is 2.